The Morgan fingerprint density at radius 3 is 2.71 bits per heavy atom. The Labute approximate surface area is 192 Å². The number of aromatic nitrogens is 3. The van der Waals surface area contributed by atoms with E-state index < -0.39 is 18.2 Å². The number of amides is 1. The van der Waals surface area contributed by atoms with Crippen molar-refractivity contribution >= 4 is 28.7 Å². The third-order valence-corrected chi connectivity index (χ3v) is 5.70. The summed E-state index contributed by atoms with van der Waals surface area (Å²) in [5.74, 6) is -0.806. The predicted octanol–water partition coefficient (Wildman–Crippen LogP) is 5.32. The molecule has 0 spiro atoms. The zero-order valence-corrected chi connectivity index (χ0v) is 18.1. The smallest absolute Gasteiger partial charge is 0.387 e. The molecule has 4 aromatic rings. The maximum atomic E-state index is 14.2. The third-order valence-electron chi connectivity index (χ3n) is 5.70. The first-order valence-corrected chi connectivity index (χ1v) is 10.7. The molecule has 7 nitrogen and oxygen atoms in total. The van der Waals surface area contributed by atoms with E-state index in [9.17, 15) is 18.0 Å². The molecule has 0 atom stereocenters. The SMILES string of the molecule is Cc1cc(Nc2nccn3c(-c4ccc(OC(F)F)c(F)c4)cnc23)ccc1N1CCCC1=O. The molecule has 1 fully saturated rings. The molecule has 34 heavy (non-hydrogen) atoms. The number of carbonyl (C=O) groups is 1. The molecule has 5 rings (SSSR count). The summed E-state index contributed by atoms with van der Waals surface area (Å²) in [5.41, 5.74) is 4.13. The molecule has 0 saturated carbocycles. The zero-order chi connectivity index (χ0) is 23.8. The van der Waals surface area contributed by atoms with Gasteiger partial charge in [-0.15, -0.1) is 0 Å². The van der Waals surface area contributed by atoms with E-state index in [1.807, 2.05) is 25.1 Å². The Kier molecular flexibility index (Phi) is 5.56. The molecule has 0 unspecified atom stereocenters. The van der Waals surface area contributed by atoms with Gasteiger partial charge in [-0.05, 0) is 55.3 Å². The van der Waals surface area contributed by atoms with Crippen LogP contribution >= 0.6 is 0 Å². The van der Waals surface area contributed by atoms with Gasteiger partial charge in [0.25, 0.3) is 0 Å². The van der Waals surface area contributed by atoms with Crippen LogP contribution in [0.1, 0.15) is 18.4 Å². The second-order valence-electron chi connectivity index (χ2n) is 7.91. The van der Waals surface area contributed by atoms with Gasteiger partial charge in [0.15, 0.2) is 23.0 Å². The number of nitrogens with zero attached hydrogens (tertiary/aromatic N) is 4. The van der Waals surface area contributed by atoms with Gasteiger partial charge in [0, 0.05) is 42.3 Å². The quantitative estimate of drug-likeness (QED) is 0.416. The maximum absolute atomic E-state index is 14.2. The van der Waals surface area contributed by atoms with Crippen LogP contribution < -0.4 is 15.0 Å². The topological polar surface area (TPSA) is 71.8 Å². The number of aryl methyl sites for hydroxylation is 1. The number of benzene rings is 2. The minimum atomic E-state index is -3.11. The maximum Gasteiger partial charge on any atom is 0.387 e. The molecule has 10 heteroatoms. The minimum Gasteiger partial charge on any atom is -0.432 e. The monoisotopic (exact) mass is 467 g/mol. The lowest BCUT2D eigenvalue weighted by atomic mass is 10.1. The average Bonchev–Trinajstić information content (AvgIpc) is 3.42. The van der Waals surface area contributed by atoms with E-state index in [-0.39, 0.29) is 5.91 Å². The van der Waals surface area contributed by atoms with Crippen LogP contribution in [-0.2, 0) is 4.79 Å². The molecule has 1 saturated heterocycles. The number of hydrogen-bond acceptors (Lipinski definition) is 5. The standard InChI is InChI=1S/C24H20F3N5O2/c1-14-11-16(5-6-18(14)31-9-2-3-21(31)33)30-22-23-29-13-19(32(23)10-8-28-22)15-4-7-20(17(25)12-15)34-24(26)27/h4-8,10-13,24H,2-3,9H2,1H3,(H,28,30). The van der Waals surface area contributed by atoms with E-state index >= 15 is 0 Å². The van der Waals surface area contributed by atoms with Gasteiger partial charge >= 0.3 is 6.61 Å². The number of hydrogen-bond donors (Lipinski definition) is 1. The third kappa shape index (κ3) is 4.02. The highest BCUT2D eigenvalue weighted by Gasteiger charge is 2.23. The van der Waals surface area contributed by atoms with Crippen molar-refractivity contribution in [3.05, 3.63) is 66.4 Å². The van der Waals surface area contributed by atoms with Crippen LogP contribution in [0, 0.1) is 12.7 Å². The minimum absolute atomic E-state index is 0.130. The second-order valence-corrected chi connectivity index (χ2v) is 7.91. The van der Waals surface area contributed by atoms with E-state index in [4.69, 9.17) is 0 Å². The number of fused-ring (bicyclic) bond motifs is 1. The number of anilines is 3. The van der Waals surface area contributed by atoms with Crippen LogP contribution in [-0.4, -0.2) is 33.4 Å². The summed E-state index contributed by atoms with van der Waals surface area (Å²) in [6.45, 7) is -0.437. The number of alkyl halides is 2. The predicted molar refractivity (Wildman–Crippen MR) is 121 cm³/mol. The number of halogens is 3. The van der Waals surface area contributed by atoms with Gasteiger partial charge in [-0.3, -0.25) is 9.20 Å². The van der Waals surface area contributed by atoms with Gasteiger partial charge in [0.05, 0.1) is 11.9 Å². The Bertz CT molecular complexity index is 1390. The van der Waals surface area contributed by atoms with Gasteiger partial charge in [-0.25, -0.2) is 14.4 Å². The molecule has 2 aromatic heterocycles. The van der Waals surface area contributed by atoms with Gasteiger partial charge in [0.1, 0.15) is 0 Å². The van der Waals surface area contributed by atoms with Crippen molar-refractivity contribution in [3.63, 3.8) is 0 Å². The molecule has 0 bridgehead atoms. The van der Waals surface area contributed by atoms with Gasteiger partial charge in [0.2, 0.25) is 5.91 Å². The van der Waals surface area contributed by atoms with E-state index in [2.05, 4.69) is 20.0 Å². The van der Waals surface area contributed by atoms with Crippen molar-refractivity contribution < 1.29 is 22.7 Å². The lowest BCUT2D eigenvalue weighted by Crippen LogP contribution is -2.24. The summed E-state index contributed by atoms with van der Waals surface area (Å²) in [4.78, 5) is 22.7. The molecule has 1 aliphatic rings. The van der Waals surface area contributed by atoms with Crippen molar-refractivity contribution in [2.24, 2.45) is 0 Å². The molecular formula is C24H20F3N5O2. The highest BCUT2D eigenvalue weighted by atomic mass is 19.3. The van der Waals surface area contributed by atoms with Crippen molar-refractivity contribution in [2.45, 2.75) is 26.4 Å². The number of rotatable bonds is 6. The number of nitrogens with one attached hydrogen (secondary N) is 1. The Morgan fingerprint density at radius 1 is 1.15 bits per heavy atom. The summed E-state index contributed by atoms with van der Waals surface area (Å²) in [7, 11) is 0. The van der Waals surface area contributed by atoms with Crippen LogP contribution in [0.2, 0.25) is 0 Å². The van der Waals surface area contributed by atoms with Crippen molar-refractivity contribution in [1.29, 1.82) is 0 Å². The summed E-state index contributed by atoms with van der Waals surface area (Å²) >= 11 is 0. The lowest BCUT2D eigenvalue weighted by Gasteiger charge is -2.19. The van der Waals surface area contributed by atoms with Crippen molar-refractivity contribution in [1.82, 2.24) is 14.4 Å². The molecule has 0 radical (unpaired) electrons. The largest absolute Gasteiger partial charge is 0.432 e. The normalized spacial score (nSPS) is 13.8. The van der Waals surface area contributed by atoms with E-state index in [0.29, 0.717) is 29.1 Å². The van der Waals surface area contributed by atoms with Crippen LogP contribution in [0.3, 0.4) is 0 Å². The van der Waals surface area contributed by atoms with E-state index in [0.717, 1.165) is 42.0 Å². The molecular weight excluding hydrogens is 447 g/mol. The van der Waals surface area contributed by atoms with Gasteiger partial charge < -0.3 is 15.0 Å². The first-order valence-electron chi connectivity index (χ1n) is 10.7. The summed E-state index contributed by atoms with van der Waals surface area (Å²) < 4.78 is 45.0. The fourth-order valence-corrected chi connectivity index (χ4v) is 4.15. The highest BCUT2D eigenvalue weighted by Crippen LogP contribution is 2.31. The zero-order valence-electron chi connectivity index (χ0n) is 18.1. The number of ether oxygens (including phenoxy) is 1. The van der Waals surface area contributed by atoms with E-state index in [1.165, 1.54) is 6.07 Å². The van der Waals surface area contributed by atoms with E-state index in [1.54, 1.807) is 27.9 Å². The number of imidazole rings is 1. The average molecular weight is 467 g/mol. The fourth-order valence-electron chi connectivity index (χ4n) is 4.15. The molecule has 1 aliphatic heterocycles. The molecule has 1 amide bonds. The van der Waals surface area contributed by atoms with Crippen LogP contribution in [0.4, 0.5) is 30.4 Å². The highest BCUT2D eigenvalue weighted by molar-refractivity contribution is 5.96. The summed E-state index contributed by atoms with van der Waals surface area (Å²) in [6, 6.07) is 9.49. The number of carbonyl (C=O) groups excluding carboxylic acids is 1. The fraction of sp³-hybridized carbons (Fsp3) is 0.208. The van der Waals surface area contributed by atoms with Crippen molar-refractivity contribution in [2.75, 3.05) is 16.8 Å². The Morgan fingerprint density at radius 2 is 2.00 bits per heavy atom. The van der Waals surface area contributed by atoms with Crippen LogP contribution in [0.15, 0.2) is 55.0 Å². The Hall–Kier alpha value is -4.08. The van der Waals surface area contributed by atoms with Gasteiger partial charge in [-0.2, -0.15) is 8.78 Å². The Balaban J connectivity index is 1.44. The summed E-state index contributed by atoms with van der Waals surface area (Å²) in [6.07, 6.45) is 6.24. The molecule has 3 heterocycles. The molecule has 1 N–H and O–H groups in total. The lowest BCUT2D eigenvalue weighted by molar-refractivity contribution is -0.117. The molecule has 174 valence electrons. The van der Waals surface area contributed by atoms with Gasteiger partial charge in [-0.1, -0.05) is 0 Å². The first-order chi connectivity index (χ1) is 16.4. The summed E-state index contributed by atoms with van der Waals surface area (Å²) in [5, 5.41) is 3.25. The molecule has 2 aromatic carbocycles. The molecule has 0 aliphatic carbocycles. The first kappa shape index (κ1) is 21.7. The van der Waals surface area contributed by atoms with Crippen LogP contribution in [0.5, 0.6) is 5.75 Å². The van der Waals surface area contributed by atoms with Crippen LogP contribution in [0.25, 0.3) is 16.9 Å². The van der Waals surface area contributed by atoms with Crippen molar-refractivity contribution in [3.8, 4) is 17.0 Å². The second kappa shape index (κ2) is 8.69.